The summed E-state index contributed by atoms with van der Waals surface area (Å²) in [5.41, 5.74) is 1.38. The van der Waals surface area contributed by atoms with Crippen molar-refractivity contribution in [2.45, 2.75) is 0 Å². The Morgan fingerprint density at radius 3 is 1.51 bits per heavy atom. The van der Waals surface area contributed by atoms with Gasteiger partial charge in [0.1, 0.15) is 11.4 Å². The van der Waals surface area contributed by atoms with Gasteiger partial charge in [-0.05, 0) is 47.5 Å². The van der Waals surface area contributed by atoms with Gasteiger partial charge in [-0.3, -0.25) is 28.1 Å². The lowest BCUT2D eigenvalue weighted by atomic mass is 9.98. The minimum absolute atomic E-state index is 0.0624. The molecule has 20 nitrogen and oxygen atoms in total. The monoisotopic (exact) mass is 932 g/mol. The van der Waals surface area contributed by atoms with Crippen molar-refractivity contribution in [3.05, 3.63) is 120 Å². The van der Waals surface area contributed by atoms with Crippen LogP contribution in [-0.2, 0) is 9.78 Å². The van der Waals surface area contributed by atoms with E-state index < -0.39 is 92.4 Å². The first-order valence-corrected chi connectivity index (χ1v) is 20.5. The number of benzene rings is 7. The van der Waals surface area contributed by atoms with Crippen LogP contribution in [0.4, 0.5) is 0 Å². The van der Waals surface area contributed by atoms with Crippen LogP contribution in [-0.4, -0.2) is 66.8 Å². The number of hydrogen-bond acceptors (Lipinski definition) is 18. The van der Waals surface area contributed by atoms with Gasteiger partial charge in [-0.15, -0.1) is 0 Å². The zero-order chi connectivity index (χ0) is 47.5. The van der Waals surface area contributed by atoms with Gasteiger partial charge >= 0.3 is 0 Å². The molecule has 0 saturated heterocycles. The molecule has 2 aromatic heterocycles. The molecule has 7 aromatic carbocycles. The predicted octanol–water partition coefficient (Wildman–Crippen LogP) is 10.6. The molecule has 4 aliphatic rings. The molecule has 342 valence electrons. The van der Waals surface area contributed by atoms with Gasteiger partial charge in [0.05, 0.1) is 38.8 Å². The van der Waals surface area contributed by atoms with Crippen LogP contribution >= 0.6 is 0 Å². The van der Waals surface area contributed by atoms with E-state index in [1.54, 1.807) is 45.5 Å². The van der Waals surface area contributed by atoms with Crippen molar-refractivity contribution in [1.82, 2.24) is 9.13 Å². The maximum Gasteiger partial charge on any atom is 0.236 e. The van der Waals surface area contributed by atoms with Crippen LogP contribution in [0.2, 0.25) is 0 Å². The largest absolute Gasteiger partial charge is 0.506 e. The van der Waals surface area contributed by atoms with Crippen LogP contribution in [0.5, 0.6) is 51.7 Å². The third kappa shape index (κ3) is 4.97. The number of para-hydroxylation sites is 2. The Hall–Kier alpha value is -10.1. The molecule has 0 spiro atoms. The molecule has 6 heterocycles. The number of phenols is 7. The fraction of sp³-hybridized carbons (Fsp3) is 0.0204. The minimum atomic E-state index is -1.01. The van der Waals surface area contributed by atoms with E-state index in [1.165, 1.54) is 0 Å². The number of allylic oxidation sites excluding steroid dienone is 1. The molecule has 0 radical (unpaired) electrons. The van der Waals surface area contributed by atoms with Crippen LogP contribution in [0.3, 0.4) is 0 Å². The van der Waals surface area contributed by atoms with E-state index in [0.717, 1.165) is 11.1 Å². The van der Waals surface area contributed by atoms with Crippen molar-refractivity contribution in [3.8, 4) is 85.4 Å². The predicted molar refractivity (Wildman–Crippen MR) is 241 cm³/mol. The second-order valence-corrected chi connectivity index (χ2v) is 16.2. The molecule has 0 aliphatic carbocycles. The Morgan fingerprint density at radius 1 is 0.420 bits per heavy atom. The number of rotatable bonds is 3. The first-order valence-electron chi connectivity index (χ1n) is 20.5. The average molecular weight is 933 g/mol. The van der Waals surface area contributed by atoms with Crippen molar-refractivity contribution in [3.63, 3.8) is 0 Å². The topological polar surface area (TPSA) is 302 Å². The van der Waals surface area contributed by atoms with Crippen molar-refractivity contribution in [2.75, 3.05) is 6.61 Å². The molecule has 0 unspecified atom stereocenters. The molecule has 0 saturated carbocycles. The summed E-state index contributed by atoms with van der Waals surface area (Å²) in [6, 6.07) is 25.7. The van der Waals surface area contributed by atoms with Gasteiger partial charge < -0.3 is 65.1 Å². The average Bonchev–Trinajstić information content (AvgIpc) is 3.87. The van der Waals surface area contributed by atoms with Crippen molar-refractivity contribution in [2.24, 2.45) is 0 Å². The third-order valence-corrected chi connectivity index (χ3v) is 12.6. The van der Waals surface area contributed by atoms with Crippen molar-refractivity contribution in [1.29, 1.82) is 0 Å². The normalized spacial score (nSPS) is 16.3. The summed E-state index contributed by atoms with van der Waals surface area (Å²) >= 11 is 0. The maximum absolute atomic E-state index is 11.8. The fourth-order valence-electron chi connectivity index (χ4n) is 9.47. The third-order valence-electron chi connectivity index (χ3n) is 12.6. The standard InChI is InChI=1S/C49H28N2O18/c1-17-29-44-32(35(54)39(58)46(29)66-64-43(17)38(57)34(53)28(52)16-62-63-44)50-24-8-4-2-6-20(24)22-14-18(10-12-26(22)50)19-11-13-27-23(15-19)21-7-3-5-9-25(21)51(27)33-36(55)40(59)47-30-31-48(67-65-45(30)33)41(60)37(56)42(61)49(31)69-68-47/h2-15,52-61H,1,16H2/b34-28-,43-38-. The van der Waals surface area contributed by atoms with Crippen LogP contribution < -0.4 is 9.78 Å². The molecule has 69 heavy (non-hydrogen) atoms. The van der Waals surface area contributed by atoms with E-state index in [0.29, 0.717) is 43.6 Å². The van der Waals surface area contributed by atoms with Gasteiger partial charge in [-0.25, -0.2) is 0 Å². The van der Waals surface area contributed by atoms with E-state index in [1.807, 2.05) is 48.5 Å². The van der Waals surface area contributed by atoms with Crippen LogP contribution in [0, 0.1) is 0 Å². The second-order valence-electron chi connectivity index (χ2n) is 16.2. The number of hydrogen-bond donors (Lipinski definition) is 10. The molecule has 9 aromatic rings. The second kappa shape index (κ2) is 13.5. The Balaban J connectivity index is 1.01. The summed E-state index contributed by atoms with van der Waals surface area (Å²) in [5.74, 6) is -9.69. The van der Waals surface area contributed by atoms with Gasteiger partial charge in [0, 0.05) is 27.1 Å². The molecular weight excluding hydrogens is 905 g/mol. The van der Waals surface area contributed by atoms with Crippen LogP contribution in [0.1, 0.15) is 5.56 Å². The molecule has 10 N–H and O–H groups in total. The van der Waals surface area contributed by atoms with Gasteiger partial charge in [0.15, 0.2) is 23.9 Å². The highest BCUT2D eigenvalue weighted by molar-refractivity contribution is 6.16. The zero-order valence-electron chi connectivity index (χ0n) is 34.6. The highest BCUT2D eigenvalue weighted by Crippen LogP contribution is 2.59. The number of aliphatic hydroxyl groups excluding tert-OH is 3. The molecule has 0 amide bonds. The lowest BCUT2D eigenvalue weighted by Crippen LogP contribution is -2.18. The maximum atomic E-state index is 11.8. The Bertz CT molecular complexity index is 4200. The molecule has 20 heteroatoms. The van der Waals surface area contributed by atoms with Crippen LogP contribution in [0.15, 0.2) is 133 Å². The van der Waals surface area contributed by atoms with Gasteiger partial charge in [-0.1, -0.05) is 55.1 Å². The molecule has 0 fully saturated rings. The lowest BCUT2D eigenvalue weighted by Gasteiger charge is -2.27. The van der Waals surface area contributed by atoms with E-state index in [4.69, 9.17) is 37.9 Å². The quantitative estimate of drug-likeness (QED) is 0.0447. The summed E-state index contributed by atoms with van der Waals surface area (Å²) in [5, 5.41) is 113. The summed E-state index contributed by atoms with van der Waals surface area (Å²) in [6.07, 6.45) is 0. The number of aromatic hydroxyl groups is 7. The summed E-state index contributed by atoms with van der Waals surface area (Å²) in [7, 11) is 0. The zero-order valence-corrected chi connectivity index (χ0v) is 34.6. The van der Waals surface area contributed by atoms with E-state index in [2.05, 4.69) is 6.58 Å². The number of phenolic OH excluding ortho intramolecular Hbond substituents is 7. The molecule has 13 rings (SSSR count). The number of fused-ring (bicyclic) bond motifs is 7. The summed E-state index contributed by atoms with van der Waals surface area (Å²) in [6.45, 7) is 3.19. The molecule has 2 bridgehead atoms. The smallest absolute Gasteiger partial charge is 0.236 e. The van der Waals surface area contributed by atoms with Gasteiger partial charge in [0.25, 0.3) is 0 Å². The summed E-state index contributed by atoms with van der Waals surface area (Å²) < 4.78 is 24.9. The molecular formula is C49H28N2O18. The molecule has 0 atom stereocenters. The Kier molecular flexibility index (Phi) is 7.69. The van der Waals surface area contributed by atoms with E-state index in [9.17, 15) is 51.1 Å². The first-order chi connectivity index (χ1) is 33.3. The van der Waals surface area contributed by atoms with Crippen LogP contribution in [0.25, 0.3) is 105 Å². The Labute approximate surface area is 380 Å². The summed E-state index contributed by atoms with van der Waals surface area (Å²) in [4.78, 5) is 21.5. The lowest BCUT2D eigenvalue weighted by molar-refractivity contribution is -0.206. The van der Waals surface area contributed by atoms with Crippen molar-refractivity contribution >= 4 is 71.5 Å². The van der Waals surface area contributed by atoms with Crippen molar-refractivity contribution < 1.29 is 88.9 Å². The minimum Gasteiger partial charge on any atom is -0.506 e. The molecule has 4 aliphatic heterocycles. The van der Waals surface area contributed by atoms with E-state index >= 15 is 0 Å². The number of aromatic nitrogens is 2. The van der Waals surface area contributed by atoms with E-state index in [-0.39, 0.29) is 45.0 Å². The highest BCUT2D eigenvalue weighted by Gasteiger charge is 2.40. The first kappa shape index (κ1) is 39.3. The SMILES string of the molecule is C=C1/C2=C(O)\C(O)=C(\O)COOc3c1c(c(O)c(O)c3-n1c3ccccc3c3cc(-c4ccc5c(c4)c4ccccc4n5-c4c(O)c(O)c5ooc6c(O)c(O)c(O)c7ooc4c5-c67)ccc31)OO2. The number of nitrogens with zero attached hydrogens (tertiary/aromatic N) is 2. The van der Waals surface area contributed by atoms with Gasteiger partial charge in [0.2, 0.25) is 79.9 Å². The van der Waals surface area contributed by atoms with Gasteiger partial charge in [-0.2, -0.15) is 4.89 Å². The fourth-order valence-corrected chi connectivity index (χ4v) is 9.47. The highest BCUT2D eigenvalue weighted by atomic mass is 17.2. The Morgan fingerprint density at radius 2 is 0.913 bits per heavy atom. The number of aliphatic hydroxyl groups is 3.